The Morgan fingerprint density at radius 2 is 1.10 bits per heavy atom. The minimum Gasteiger partial charge on any atom is -0.379 e. The molecule has 0 aromatic heterocycles. The van der Waals surface area contributed by atoms with Gasteiger partial charge in [0.25, 0.3) is 0 Å². The Hall–Kier alpha value is -0.970. The third kappa shape index (κ3) is 17.0. The Labute approximate surface area is 120 Å². The molecule has 0 aliphatic heterocycles. The zero-order chi connectivity index (χ0) is 14.7. The molecule has 0 fully saturated rings. The van der Waals surface area contributed by atoms with E-state index in [0.29, 0.717) is 72.5 Å². The summed E-state index contributed by atoms with van der Waals surface area (Å²) in [6.45, 7) is 4.86. The Balaban J connectivity index is 2.92. The lowest BCUT2D eigenvalue weighted by Crippen LogP contribution is -2.13. The van der Waals surface area contributed by atoms with Crippen molar-refractivity contribution in [1.82, 2.24) is 0 Å². The summed E-state index contributed by atoms with van der Waals surface area (Å²) in [5.74, 6) is 2.38. The van der Waals surface area contributed by atoms with Crippen LogP contribution >= 0.6 is 0 Å². The zero-order valence-corrected chi connectivity index (χ0v) is 11.9. The lowest BCUT2D eigenvalue weighted by molar-refractivity contribution is -0.108. The number of rotatable bonds is 16. The minimum absolute atomic E-state index is 0.316. The predicted octanol–water partition coefficient (Wildman–Crippen LogP) is 0.292. The number of hydrogen-bond donors (Lipinski definition) is 0. The third-order valence-corrected chi connectivity index (χ3v) is 2.05. The molecule has 0 aliphatic rings. The Morgan fingerprint density at radius 3 is 1.50 bits per heavy atom. The molecule has 0 unspecified atom stereocenters. The maximum atomic E-state index is 10.00. The lowest BCUT2D eigenvalue weighted by atomic mass is 10.5. The van der Waals surface area contributed by atoms with Gasteiger partial charge in [-0.05, 0) is 0 Å². The SMILES string of the molecule is C#CCOCCOCCOCCOCCOCCC=O. The first-order valence-electron chi connectivity index (χ1n) is 6.67. The molecule has 0 N–H and O–H groups in total. The van der Waals surface area contributed by atoms with Gasteiger partial charge in [-0.25, -0.2) is 0 Å². The molecule has 6 heteroatoms. The number of ether oxygens (including phenoxy) is 5. The van der Waals surface area contributed by atoms with Crippen LogP contribution in [0.3, 0.4) is 0 Å². The standard InChI is InChI=1S/C14H24O6/c1-2-5-16-7-9-18-11-13-20-14-12-19-10-8-17-6-3-4-15/h1,4H,3,5-14H2. The molecule has 0 amide bonds. The van der Waals surface area contributed by atoms with Crippen LogP contribution in [-0.2, 0) is 28.5 Å². The van der Waals surface area contributed by atoms with E-state index in [-0.39, 0.29) is 0 Å². The summed E-state index contributed by atoms with van der Waals surface area (Å²) >= 11 is 0. The van der Waals surface area contributed by atoms with Crippen LogP contribution < -0.4 is 0 Å². The van der Waals surface area contributed by atoms with Crippen LogP contribution in [0.15, 0.2) is 0 Å². The van der Waals surface area contributed by atoms with Crippen molar-refractivity contribution in [3.8, 4) is 12.3 Å². The van der Waals surface area contributed by atoms with Gasteiger partial charge in [0.2, 0.25) is 0 Å². The van der Waals surface area contributed by atoms with E-state index in [1.165, 1.54) is 0 Å². The molecule has 0 spiro atoms. The molecule has 6 nitrogen and oxygen atoms in total. The fourth-order valence-corrected chi connectivity index (χ4v) is 1.14. The fraction of sp³-hybridized carbons (Fsp3) is 0.786. The minimum atomic E-state index is 0.316. The van der Waals surface area contributed by atoms with E-state index in [0.717, 1.165) is 6.29 Å². The second-order valence-electron chi connectivity index (χ2n) is 3.66. The first-order chi connectivity index (χ1) is 9.91. The molecule has 0 saturated heterocycles. The van der Waals surface area contributed by atoms with Gasteiger partial charge in [0.1, 0.15) is 12.9 Å². The van der Waals surface area contributed by atoms with E-state index in [1.54, 1.807) is 0 Å². The number of aldehydes is 1. The quantitative estimate of drug-likeness (QED) is 0.231. The van der Waals surface area contributed by atoms with Gasteiger partial charge in [-0.15, -0.1) is 6.42 Å². The highest BCUT2D eigenvalue weighted by molar-refractivity contribution is 5.49. The van der Waals surface area contributed by atoms with Crippen LogP contribution in [0.4, 0.5) is 0 Å². The summed E-state index contributed by atoms with van der Waals surface area (Å²) in [6, 6.07) is 0. The van der Waals surface area contributed by atoms with Crippen molar-refractivity contribution in [2.75, 3.05) is 66.1 Å². The van der Waals surface area contributed by atoms with Gasteiger partial charge in [0, 0.05) is 6.42 Å². The number of hydrogen-bond acceptors (Lipinski definition) is 6. The summed E-state index contributed by atoms with van der Waals surface area (Å²) in [6.07, 6.45) is 6.28. The summed E-state index contributed by atoms with van der Waals surface area (Å²) in [7, 11) is 0. The number of carbonyl (C=O) groups excluding carboxylic acids is 1. The lowest BCUT2D eigenvalue weighted by Gasteiger charge is -2.07. The number of terminal acetylenes is 1. The van der Waals surface area contributed by atoms with E-state index in [9.17, 15) is 4.79 Å². The van der Waals surface area contributed by atoms with Crippen molar-refractivity contribution >= 4 is 6.29 Å². The molecule has 0 bridgehead atoms. The van der Waals surface area contributed by atoms with E-state index in [4.69, 9.17) is 30.1 Å². The monoisotopic (exact) mass is 288 g/mol. The van der Waals surface area contributed by atoms with Crippen LogP contribution in [-0.4, -0.2) is 72.4 Å². The van der Waals surface area contributed by atoms with Gasteiger partial charge < -0.3 is 28.5 Å². The predicted molar refractivity (Wildman–Crippen MR) is 73.6 cm³/mol. The molecule has 20 heavy (non-hydrogen) atoms. The van der Waals surface area contributed by atoms with Crippen LogP contribution in [0.25, 0.3) is 0 Å². The third-order valence-electron chi connectivity index (χ3n) is 2.05. The fourth-order valence-electron chi connectivity index (χ4n) is 1.14. The van der Waals surface area contributed by atoms with E-state index >= 15 is 0 Å². The van der Waals surface area contributed by atoms with Crippen molar-refractivity contribution in [3.63, 3.8) is 0 Å². The average Bonchev–Trinajstić information content (AvgIpc) is 2.47. The first kappa shape index (κ1) is 19.0. The molecule has 0 heterocycles. The van der Waals surface area contributed by atoms with E-state index < -0.39 is 0 Å². The first-order valence-corrected chi connectivity index (χ1v) is 6.67. The Kier molecular flexibility index (Phi) is 17.2. The highest BCUT2D eigenvalue weighted by Gasteiger charge is 1.92. The summed E-state index contributed by atoms with van der Waals surface area (Å²) in [4.78, 5) is 10.00. The molecule has 116 valence electrons. The van der Waals surface area contributed by atoms with Crippen molar-refractivity contribution in [1.29, 1.82) is 0 Å². The van der Waals surface area contributed by atoms with Crippen molar-refractivity contribution < 1.29 is 28.5 Å². The second kappa shape index (κ2) is 18.0. The summed E-state index contributed by atoms with van der Waals surface area (Å²) in [5.41, 5.74) is 0. The highest BCUT2D eigenvalue weighted by atomic mass is 16.6. The summed E-state index contributed by atoms with van der Waals surface area (Å²) < 4.78 is 26.0. The zero-order valence-electron chi connectivity index (χ0n) is 11.9. The van der Waals surface area contributed by atoms with Gasteiger partial charge in [-0.3, -0.25) is 0 Å². The molecule has 0 aromatic carbocycles. The Bertz CT molecular complexity index is 238. The van der Waals surface area contributed by atoms with Gasteiger partial charge in [-0.2, -0.15) is 0 Å². The van der Waals surface area contributed by atoms with Crippen molar-refractivity contribution in [2.24, 2.45) is 0 Å². The van der Waals surface area contributed by atoms with Crippen molar-refractivity contribution in [3.05, 3.63) is 0 Å². The molecular formula is C14H24O6. The van der Waals surface area contributed by atoms with E-state index in [1.807, 2.05) is 0 Å². The molecule has 0 rings (SSSR count). The average molecular weight is 288 g/mol. The second-order valence-corrected chi connectivity index (χ2v) is 3.66. The molecule has 0 atom stereocenters. The van der Waals surface area contributed by atoms with Gasteiger partial charge in [0.15, 0.2) is 0 Å². The molecule has 0 saturated carbocycles. The highest BCUT2D eigenvalue weighted by Crippen LogP contribution is 1.84. The maximum absolute atomic E-state index is 10.00. The normalized spacial score (nSPS) is 10.3. The largest absolute Gasteiger partial charge is 0.379 e. The Morgan fingerprint density at radius 1 is 0.700 bits per heavy atom. The smallest absolute Gasteiger partial charge is 0.122 e. The molecule has 0 aliphatic carbocycles. The van der Waals surface area contributed by atoms with Crippen molar-refractivity contribution in [2.45, 2.75) is 6.42 Å². The van der Waals surface area contributed by atoms with Crippen LogP contribution in [0.5, 0.6) is 0 Å². The van der Waals surface area contributed by atoms with Gasteiger partial charge >= 0.3 is 0 Å². The number of carbonyl (C=O) groups is 1. The van der Waals surface area contributed by atoms with Gasteiger partial charge in [-0.1, -0.05) is 5.92 Å². The van der Waals surface area contributed by atoms with Crippen LogP contribution in [0.2, 0.25) is 0 Å². The van der Waals surface area contributed by atoms with Crippen LogP contribution in [0, 0.1) is 12.3 Å². The molecule has 0 radical (unpaired) electrons. The molecule has 0 aromatic rings. The summed E-state index contributed by atoms with van der Waals surface area (Å²) in [5, 5.41) is 0. The molecular weight excluding hydrogens is 264 g/mol. The topological polar surface area (TPSA) is 63.2 Å². The van der Waals surface area contributed by atoms with Gasteiger partial charge in [0.05, 0.1) is 59.5 Å². The van der Waals surface area contributed by atoms with E-state index in [2.05, 4.69) is 5.92 Å². The van der Waals surface area contributed by atoms with Crippen LogP contribution in [0.1, 0.15) is 6.42 Å². The maximum Gasteiger partial charge on any atom is 0.122 e.